The molecule has 3 heteroatoms. The molecule has 0 unspecified atom stereocenters. The third kappa shape index (κ3) is 2.45. The summed E-state index contributed by atoms with van der Waals surface area (Å²) in [5.74, 6) is 0.429. The van der Waals surface area contributed by atoms with E-state index in [4.69, 9.17) is 10.5 Å². The Balaban J connectivity index is 2.19. The fourth-order valence-corrected chi connectivity index (χ4v) is 1.76. The molecule has 2 aromatic rings. The summed E-state index contributed by atoms with van der Waals surface area (Å²) in [4.78, 5) is 0. The zero-order chi connectivity index (χ0) is 13.1. The first-order valence-corrected chi connectivity index (χ1v) is 5.81. The van der Waals surface area contributed by atoms with Crippen LogP contribution in [0.25, 0.3) is 0 Å². The first-order chi connectivity index (χ1) is 8.59. The van der Waals surface area contributed by atoms with Crippen molar-refractivity contribution in [2.75, 3.05) is 5.73 Å². The number of hydrogen-bond donors (Lipinski definition) is 1. The highest BCUT2D eigenvalue weighted by molar-refractivity contribution is 5.47. The van der Waals surface area contributed by atoms with Gasteiger partial charge in [-0.15, -0.1) is 0 Å². The Morgan fingerprint density at radius 3 is 2.56 bits per heavy atom. The Morgan fingerprint density at radius 1 is 1.11 bits per heavy atom. The minimum absolute atomic E-state index is 0.142. The first-order valence-electron chi connectivity index (χ1n) is 5.81. The van der Waals surface area contributed by atoms with Crippen LogP contribution in [0.2, 0.25) is 0 Å². The molecule has 0 aliphatic heterocycles. The molecular formula is C15H16FNO. The van der Waals surface area contributed by atoms with Gasteiger partial charge in [0.25, 0.3) is 0 Å². The Kier molecular flexibility index (Phi) is 3.51. The molecule has 2 aromatic carbocycles. The van der Waals surface area contributed by atoms with Gasteiger partial charge in [-0.1, -0.05) is 18.2 Å². The number of hydrogen-bond acceptors (Lipinski definition) is 2. The molecule has 0 amide bonds. The van der Waals surface area contributed by atoms with Gasteiger partial charge in [-0.05, 0) is 43.2 Å². The summed E-state index contributed by atoms with van der Waals surface area (Å²) in [5, 5.41) is 0. The van der Waals surface area contributed by atoms with E-state index in [1.807, 2.05) is 32.0 Å². The summed E-state index contributed by atoms with van der Waals surface area (Å²) in [5.41, 5.74) is 8.76. The summed E-state index contributed by atoms with van der Waals surface area (Å²) in [6, 6.07) is 10.5. The highest BCUT2D eigenvalue weighted by Gasteiger charge is 2.08. The van der Waals surface area contributed by atoms with E-state index in [2.05, 4.69) is 0 Å². The maximum atomic E-state index is 13.6. The molecule has 2 nitrogen and oxygen atoms in total. The standard InChI is InChI=1S/C15H16FNO/c1-10-5-3-8-15(11(10)2)18-9-12-13(16)6-4-7-14(12)17/h3-8H,9,17H2,1-2H3. The summed E-state index contributed by atoms with van der Waals surface area (Å²) in [6.45, 7) is 4.14. The Labute approximate surface area is 106 Å². The minimum atomic E-state index is -0.333. The van der Waals surface area contributed by atoms with Crippen molar-refractivity contribution in [3.8, 4) is 5.75 Å². The van der Waals surface area contributed by atoms with Crippen LogP contribution in [-0.4, -0.2) is 0 Å². The molecule has 0 fully saturated rings. The van der Waals surface area contributed by atoms with Crippen LogP contribution in [-0.2, 0) is 6.61 Å². The molecule has 2 rings (SSSR count). The van der Waals surface area contributed by atoms with Gasteiger partial charge >= 0.3 is 0 Å². The van der Waals surface area contributed by atoms with Crippen LogP contribution < -0.4 is 10.5 Å². The van der Waals surface area contributed by atoms with Crippen LogP contribution in [0.1, 0.15) is 16.7 Å². The van der Waals surface area contributed by atoms with Crippen molar-refractivity contribution in [3.05, 3.63) is 58.9 Å². The quantitative estimate of drug-likeness (QED) is 0.838. The molecule has 0 aromatic heterocycles. The molecule has 0 spiro atoms. The van der Waals surface area contributed by atoms with Gasteiger partial charge in [-0.3, -0.25) is 0 Å². The molecule has 18 heavy (non-hydrogen) atoms. The second-order valence-electron chi connectivity index (χ2n) is 4.29. The number of ether oxygens (including phenoxy) is 1. The lowest BCUT2D eigenvalue weighted by atomic mass is 10.1. The fourth-order valence-electron chi connectivity index (χ4n) is 1.76. The summed E-state index contributed by atoms with van der Waals surface area (Å²) in [6.07, 6.45) is 0. The van der Waals surface area contributed by atoms with E-state index in [0.717, 1.165) is 16.9 Å². The number of halogens is 1. The smallest absolute Gasteiger partial charge is 0.131 e. The molecule has 94 valence electrons. The average molecular weight is 245 g/mol. The van der Waals surface area contributed by atoms with E-state index in [0.29, 0.717) is 11.3 Å². The summed E-state index contributed by atoms with van der Waals surface area (Å²) < 4.78 is 19.2. The van der Waals surface area contributed by atoms with Crippen LogP contribution in [0.4, 0.5) is 10.1 Å². The van der Waals surface area contributed by atoms with Crippen LogP contribution >= 0.6 is 0 Å². The third-order valence-electron chi connectivity index (χ3n) is 3.08. The first kappa shape index (κ1) is 12.4. The molecule has 0 saturated carbocycles. The van der Waals surface area contributed by atoms with Gasteiger partial charge in [0.05, 0.1) is 0 Å². The second-order valence-corrected chi connectivity index (χ2v) is 4.29. The zero-order valence-electron chi connectivity index (χ0n) is 10.5. The third-order valence-corrected chi connectivity index (χ3v) is 3.08. The number of aryl methyl sites for hydroxylation is 1. The van der Waals surface area contributed by atoms with E-state index in [1.165, 1.54) is 6.07 Å². The van der Waals surface area contributed by atoms with Crippen molar-refractivity contribution in [1.82, 2.24) is 0 Å². The summed E-state index contributed by atoms with van der Waals surface area (Å²) >= 11 is 0. The van der Waals surface area contributed by atoms with Gasteiger partial charge in [0.15, 0.2) is 0 Å². The van der Waals surface area contributed by atoms with E-state index < -0.39 is 0 Å². The van der Waals surface area contributed by atoms with Gasteiger partial charge in [0.2, 0.25) is 0 Å². The normalized spacial score (nSPS) is 10.4. The monoisotopic (exact) mass is 245 g/mol. The van der Waals surface area contributed by atoms with Crippen molar-refractivity contribution in [3.63, 3.8) is 0 Å². The molecule has 0 bridgehead atoms. The van der Waals surface area contributed by atoms with Crippen LogP contribution in [0.3, 0.4) is 0 Å². The Morgan fingerprint density at radius 2 is 1.83 bits per heavy atom. The maximum Gasteiger partial charge on any atom is 0.131 e. The lowest BCUT2D eigenvalue weighted by Crippen LogP contribution is -2.04. The largest absolute Gasteiger partial charge is 0.488 e. The lowest BCUT2D eigenvalue weighted by Gasteiger charge is -2.12. The fraction of sp³-hybridized carbons (Fsp3) is 0.200. The Bertz CT molecular complexity index is 546. The molecule has 2 N–H and O–H groups in total. The van der Waals surface area contributed by atoms with Crippen LogP contribution in [0.15, 0.2) is 36.4 Å². The SMILES string of the molecule is Cc1cccc(OCc2c(N)cccc2F)c1C. The van der Waals surface area contributed by atoms with Crippen molar-refractivity contribution in [2.45, 2.75) is 20.5 Å². The van der Waals surface area contributed by atoms with Crippen molar-refractivity contribution >= 4 is 5.69 Å². The number of benzene rings is 2. The molecule has 0 aliphatic carbocycles. The number of rotatable bonds is 3. The van der Waals surface area contributed by atoms with Gasteiger partial charge in [-0.2, -0.15) is 0 Å². The highest BCUT2D eigenvalue weighted by Crippen LogP contribution is 2.23. The predicted octanol–water partition coefficient (Wildman–Crippen LogP) is 3.60. The van der Waals surface area contributed by atoms with E-state index in [1.54, 1.807) is 12.1 Å². The minimum Gasteiger partial charge on any atom is -0.488 e. The van der Waals surface area contributed by atoms with Gasteiger partial charge < -0.3 is 10.5 Å². The van der Waals surface area contributed by atoms with E-state index in [-0.39, 0.29) is 12.4 Å². The topological polar surface area (TPSA) is 35.2 Å². The van der Waals surface area contributed by atoms with Gasteiger partial charge in [-0.25, -0.2) is 4.39 Å². The van der Waals surface area contributed by atoms with Gasteiger partial charge in [0, 0.05) is 11.3 Å². The van der Waals surface area contributed by atoms with Crippen LogP contribution in [0, 0.1) is 19.7 Å². The number of nitrogens with two attached hydrogens (primary N) is 1. The van der Waals surface area contributed by atoms with Crippen molar-refractivity contribution in [1.29, 1.82) is 0 Å². The van der Waals surface area contributed by atoms with Crippen molar-refractivity contribution < 1.29 is 9.13 Å². The maximum absolute atomic E-state index is 13.6. The lowest BCUT2D eigenvalue weighted by molar-refractivity contribution is 0.298. The number of nitrogen functional groups attached to an aromatic ring is 1. The van der Waals surface area contributed by atoms with Crippen LogP contribution in [0.5, 0.6) is 5.75 Å². The molecular weight excluding hydrogens is 229 g/mol. The highest BCUT2D eigenvalue weighted by atomic mass is 19.1. The Hall–Kier alpha value is -2.03. The summed E-state index contributed by atoms with van der Waals surface area (Å²) in [7, 11) is 0. The second kappa shape index (κ2) is 5.08. The molecule has 0 heterocycles. The predicted molar refractivity (Wildman–Crippen MR) is 71.1 cm³/mol. The average Bonchev–Trinajstić information content (AvgIpc) is 2.33. The molecule has 0 aliphatic rings. The molecule has 0 saturated heterocycles. The van der Waals surface area contributed by atoms with Gasteiger partial charge in [0.1, 0.15) is 18.2 Å². The molecule has 0 atom stereocenters. The van der Waals surface area contributed by atoms with E-state index >= 15 is 0 Å². The number of anilines is 1. The molecule has 0 radical (unpaired) electrons. The van der Waals surface area contributed by atoms with Crippen molar-refractivity contribution in [2.24, 2.45) is 0 Å². The zero-order valence-corrected chi connectivity index (χ0v) is 10.5. The van der Waals surface area contributed by atoms with E-state index in [9.17, 15) is 4.39 Å².